The van der Waals surface area contributed by atoms with Gasteiger partial charge in [-0.3, -0.25) is 0 Å². The zero-order valence-corrected chi connectivity index (χ0v) is 15.6. The van der Waals surface area contributed by atoms with Crippen molar-refractivity contribution >= 4 is 15.7 Å². The predicted molar refractivity (Wildman–Crippen MR) is 98.1 cm³/mol. The molecule has 0 saturated carbocycles. The number of sulfonamides is 1. The first-order chi connectivity index (χ1) is 11.7. The highest BCUT2D eigenvalue weighted by molar-refractivity contribution is 7.89. The molecule has 7 heteroatoms. The van der Waals surface area contributed by atoms with Gasteiger partial charge >= 0.3 is 0 Å². The summed E-state index contributed by atoms with van der Waals surface area (Å²) >= 11 is 0. The van der Waals surface area contributed by atoms with Crippen LogP contribution in [-0.2, 0) is 16.6 Å². The molecule has 0 unspecified atom stereocenters. The van der Waals surface area contributed by atoms with Crippen molar-refractivity contribution in [2.45, 2.75) is 18.4 Å². The number of hydrogen-bond acceptors (Lipinski definition) is 4. The largest absolute Gasteiger partial charge is 0.399 e. The number of nitrogens with two attached hydrogens (primary N) is 1. The van der Waals surface area contributed by atoms with E-state index in [0.29, 0.717) is 13.1 Å². The smallest absolute Gasteiger partial charge is 0.243 e. The Morgan fingerprint density at radius 2 is 1.72 bits per heavy atom. The molecule has 0 amide bonds. The van der Waals surface area contributed by atoms with Gasteiger partial charge in [-0.05, 0) is 38.7 Å². The number of benzene rings is 2. The van der Waals surface area contributed by atoms with Crippen molar-refractivity contribution in [2.75, 3.05) is 32.9 Å². The Hall–Kier alpha value is -1.96. The minimum absolute atomic E-state index is 0.0807. The van der Waals surface area contributed by atoms with Crippen LogP contribution in [0.4, 0.5) is 10.1 Å². The third-order valence-electron chi connectivity index (χ3n) is 3.94. The molecule has 0 aliphatic heterocycles. The van der Waals surface area contributed by atoms with Crippen LogP contribution in [0.2, 0.25) is 0 Å². The zero-order chi connectivity index (χ0) is 18.6. The van der Waals surface area contributed by atoms with Gasteiger partial charge in [0.05, 0.1) is 4.90 Å². The van der Waals surface area contributed by atoms with Crippen LogP contribution in [0.15, 0.2) is 47.4 Å². The molecule has 25 heavy (non-hydrogen) atoms. The average molecular weight is 365 g/mol. The van der Waals surface area contributed by atoms with Crippen molar-refractivity contribution in [1.29, 1.82) is 0 Å². The summed E-state index contributed by atoms with van der Waals surface area (Å²) in [6.45, 7) is 2.51. The molecule has 0 atom stereocenters. The monoisotopic (exact) mass is 365 g/mol. The van der Waals surface area contributed by atoms with E-state index >= 15 is 0 Å². The van der Waals surface area contributed by atoms with Gasteiger partial charge in [0.25, 0.3) is 0 Å². The first kappa shape index (κ1) is 19.4. The number of anilines is 1. The maximum Gasteiger partial charge on any atom is 0.243 e. The summed E-state index contributed by atoms with van der Waals surface area (Å²) in [5.74, 6) is -0.620. The maximum absolute atomic E-state index is 14.0. The van der Waals surface area contributed by atoms with Gasteiger partial charge in [-0.15, -0.1) is 0 Å². The predicted octanol–water partition coefficient (Wildman–Crippen LogP) is 2.47. The lowest BCUT2D eigenvalue weighted by atomic mass is 10.2. The highest BCUT2D eigenvalue weighted by Crippen LogP contribution is 2.26. The molecule has 2 aromatic carbocycles. The Bertz CT molecular complexity index is 824. The van der Waals surface area contributed by atoms with Crippen LogP contribution in [0.3, 0.4) is 0 Å². The molecule has 0 fully saturated rings. The van der Waals surface area contributed by atoms with E-state index in [9.17, 15) is 12.8 Å². The van der Waals surface area contributed by atoms with Crippen molar-refractivity contribution in [3.63, 3.8) is 0 Å². The molecule has 0 radical (unpaired) electrons. The van der Waals surface area contributed by atoms with Crippen LogP contribution in [0.25, 0.3) is 0 Å². The van der Waals surface area contributed by atoms with E-state index in [2.05, 4.69) is 0 Å². The number of hydrogen-bond donors (Lipinski definition) is 1. The SMILES string of the molecule is Cc1c(F)cc(N)cc1S(=O)(=O)N(CCN(C)C)Cc1ccccc1. The Labute approximate surface area is 148 Å². The second-order valence-corrected chi connectivity index (χ2v) is 8.16. The first-order valence-electron chi connectivity index (χ1n) is 7.96. The Morgan fingerprint density at radius 3 is 2.32 bits per heavy atom. The van der Waals surface area contributed by atoms with Crippen molar-refractivity contribution in [2.24, 2.45) is 0 Å². The lowest BCUT2D eigenvalue weighted by molar-refractivity contribution is 0.329. The Kier molecular flexibility index (Phi) is 6.16. The molecule has 2 rings (SSSR count). The summed E-state index contributed by atoms with van der Waals surface area (Å²) in [4.78, 5) is 1.82. The van der Waals surface area contributed by atoms with Crippen LogP contribution in [0, 0.1) is 12.7 Å². The fourth-order valence-electron chi connectivity index (χ4n) is 2.46. The quantitative estimate of drug-likeness (QED) is 0.766. The molecule has 2 N–H and O–H groups in total. The topological polar surface area (TPSA) is 66.6 Å². The molecule has 0 aliphatic rings. The van der Waals surface area contributed by atoms with Crippen LogP contribution in [0.1, 0.15) is 11.1 Å². The van der Waals surface area contributed by atoms with E-state index in [1.807, 2.05) is 49.3 Å². The van der Waals surface area contributed by atoms with Crippen molar-refractivity contribution < 1.29 is 12.8 Å². The van der Waals surface area contributed by atoms with Gasteiger partial charge in [-0.25, -0.2) is 12.8 Å². The molecule has 2 aromatic rings. The number of halogens is 1. The van der Waals surface area contributed by atoms with E-state index in [0.717, 1.165) is 11.6 Å². The van der Waals surface area contributed by atoms with E-state index < -0.39 is 15.8 Å². The van der Waals surface area contributed by atoms with Gasteiger partial charge in [-0.1, -0.05) is 30.3 Å². The van der Waals surface area contributed by atoms with E-state index in [4.69, 9.17) is 5.73 Å². The molecule has 136 valence electrons. The molecule has 5 nitrogen and oxygen atoms in total. The molecule has 0 aliphatic carbocycles. The summed E-state index contributed by atoms with van der Waals surface area (Å²) in [5.41, 5.74) is 6.71. The van der Waals surface area contributed by atoms with Crippen LogP contribution < -0.4 is 5.73 Å². The van der Waals surface area contributed by atoms with Crippen molar-refractivity contribution in [1.82, 2.24) is 9.21 Å². The third-order valence-corrected chi connectivity index (χ3v) is 5.91. The van der Waals surface area contributed by atoms with Gasteiger partial charge in [0.2, 0.25) is 10.0 Å². The van der Waals surface area contributed by atoms with E-state index in [1.54, 1.807) is 0 Å². The lowest BCUT2D eigenvalue weighted by Gasteiger charge is -2.25. The number of nitrogens with zero attached hydrogens (tertiary/aromatic N) is 2. The van der Waals surface area contributed by atoms with E-state index in [-0.39, 0.29) is 22.7 Å². The Balaban J connectivity index is 2.44. The van der Waals surface area contributed by atoms with Crippen molar-refractivity contribution in [3.05, 3.63) is 59.4 Å². The molecule has 0 heterocycles. The first-order valence-corrected chi connectivity index (χ1v) is 9.40. The zero-order valence-electron chi connectivity index (χ0n) is 14.7. The summed E-state index contributed by atoms with van der Waals surface area (Å²) in [6, 6.07) is 11.8. The maximum atomic E-state index is 14.0. The second-order valence-electron chi connectivity index (χ2n) is 6.25. The summed E-state index contributed by atoms with van der Waals surface area (Å²) < 4.78 is 41.7. The van der Waals surface area contributed by atoms with Gasteiger partial charge in [-0.2, -0.15) is 4.31 Å². The molecular weight excluding hydrogens is 341 g/mol. The number of rotatable bonds is 7. The van der Waals surface area contributed by atoms with Gasteiger partial charge in [0.15, 0.2) is 0 Å². The summed E-state index contributed by atoms with van der Waals surface area (Å²) in [7, 11) is -0.136. The molecule has 0 saturated heterocycles. The van der Waals surface area contributed by atoms with Gasteiger partial charge < -0.3 is 10.6 Å². The van der Waals surface area contributed by atoms with Crippen LogP contribution >= 0.6 is 0 Å². The van der Waals surface area contributed by atoms with Gasteiger partial charge in [0.1, 0.15) is 5.82 Å². The minimum Gasteiger partial charge on any atom is -0.399 e. The van der Waals surface area contributed by atoms with Crippen molar-refractivity contribution in [3.8, 4) is 0 Å². The Morgan fingerprint density at radius 1 is 1.08 bits per heavy atom. The standard InChI is InChI=1S/C18H24FN3O2S/c1-14-17(19)11-16(20)12-18(14)25(23,24)22(10-9-21(2)3)13-15-7-5-4-6-8-15/h4-8,11-12H,9-10,13,20H2,1-3H3. The highest BCUT2D eigenvalue weighted by atomic mass is 32.2. The fourth-order valence-corrected chi connectivity index (χ4v) is 4.15. The highest BCUT2D eigenvalue weighted by Gasteiger charge is 2.27. The van der Waals surface area contributed by atoms with Crippen LogP contribution in [-0.4, -0.2) is 44.8 Å². The molecule has 0 bridgehead atoms. The normalized spacial score (nSPS) is 12.1. The van der Waals surface area contributed by atoms with E-state index in [1.165, 1.54) is 17.3 Å². The average Bonchev–Trinajstić information content (AvgIpc) is 2.55. The summed E-state index contributed by atoms with van der Waals surface area (Å²) in [5, 5.41) is 0. The molecule has 0 aromatic heterocycles. The summed E-state index contributed by atoms with van der Waals surface area (Å²) in [6.07, 6.45) is 0. The minimum atomic E-state index is -3.88. The van der Waals surface area contributed by atoms with Gasteiger partial charge in [0, 0.05) is 30.9 Å². The number of nitrogen functional groups attached to an aromatic ring is 1. The number of likely N-dealkylation sites (N-methyl/N-ethyl adjacent to an activating group) is 1. The fraction of sp³-hybridized carbons (Fsp3) is 0.333. The lowest BCUT2D eigenvalue weighted by Crippen LogP contribution is -2.36. The molecular formula is C18H24FN3O2S. The third kappa shape index (κ3) is 4.78. The molecule has 0 spiro atoms. The second kappa shape index (κ2) is 7.95. The van der Waals surface area contributed by atoms with Crippen LogP contribution in [0.5, 0.6) is 0 Å².